The molecule has 0 aliphatic heterocycles. The second-order valence-corrected chi connectivity index (χ2v) is 4.69. The fraction of sp³-hybridized carbons (Fsp3) is 0.333. The number of nitrogen functional groups attached to an aromatic ring is 1. The lowest BCUT2D eigenvalue weighted by atomic mass is 10.1. The lowest BCUT2D eigenvalue weighted by molar-refractivity contribution is 0.178. The summed E-state index contributed by atoms with van der Waals surface area (Å²) in [6.07, 6.45) is 0.0915. The summed E-state index contributed by atoms with van der Waals surface area (Å²) in [7, 11) is 1.60. The second-order valence-electron chi connectivity index (χ2n) is 4.69. The van der Waals surface area contributed by atoms with Crippen molar-refractivity contribution in [3.63, 3.8) is 0 Å². The number of methoxy groups -OCH3 is 1. The van der Waals surface area contributed by atoms with E-state index in [1.807, 2.05) is 38.1 Å². The Kier molecular flexibility index (Phi) is 4.53. The molecule has 2 rings (SSSR count). The highest BCUT2D eigenvalue weighted by Crippen LogP contribution is 2.30. The molecule has 0 radical (unpaired) electrons. The Bertz CT molecular complexity index is 585. The van der Waals surface area contributed by atoms with Crippen molar-refractivity contribution in [1.82, 2.24) is 9.97 Å². The summed E-state index contributed by atoms with van der Waals surface area (Å²) in [6.45, 7) is 4.30. The smallest absolute Gasteiger partial charge is 0.157 e. The number of ether oxygens (including phenoxy) is 2. The van der Waals surface area contributed by atoms with Gasteiger partial charge in [0.05, 0.1) is 11.8 Å². The molecule has 0 bridgehead atoms. The van der Waals surface area contributed by atoms with Crippen molar-refractivity contribution in [2.45, 2.75) is 26.6 Å². The van der Waals surface area contributed by atoms with Crippen LogP contribution in [0.5, 0.6) is 5.75 Å². The highest BCUT2D eigenvalue weighted by atomic mass is 16.5. The monoisotopic (exact) mass is 273 g/mol. The van der Waals surface area contributed by atoms with Gasteiger partial charge in [0.1, 0.15) is 18.2 Å². The molecule has 2 N–H and O–H groups in total. The molecule has 106 valence electrons. The third kappa shape index (κ3) is 3.45. The molecule has 0 saturated carbocycles. The van der Waals surface area contributed by atoms with E-state index in [0.717, 1.165) is 17.0 Å². The quantitative estimate of drug-likeness (QED) is 0.906. The van der Waals surface area contributed by atoms with Gasteiger partial charge in [0, 0.05) is 18.7 Å². The van der Waals surface area contributed by atoms with Crippen molar-refractivity contribution in [2.24, 2.45) is 0 Å². The van der Waals surface area contributed by atoms with E-state index in [9.17, 15) is 0 Å². The molecule has 0 unspecified atom stereocenters. The molecule has 20 heavy (non-hydrogen) atoms. The van der Waals surface area contributed by atoms with Crippen LogP contribution in [0.4, 0.5) is 5.82 Å². The summed E-state index contributed by atoms with van der Waals surface area (Å²) >= 11 is 0. The van der Waals surface area contributed by atoms with Crippen molar-refractivity contribution in [3.05, 3.63) is 36.2 Å². The number of hydrogen-bond acceptors (Lipinski definition) is 5. The van der Waals surface area contributed by atoms with E-state index in [2.05, 4.69) is 9.97 Å². The molecule has 0 aliphatic carbocycles. The number of anilines is 1. The Balaban J connectivity index is 2.45. The molecule has 0 amide bonds. The topological polar surface area (TPSA) is 70.3 Å². The zero-order valence-corrected chi connectivity index (χ0v) is 12.0. The van der Waals surface area contributed by atoms with Crippen LogP contribution in [0.3, 0.4) is 0 Å². The molecular formula is C15H19N3O2. The van der Waals surface area contributed by atoms with Gasteiger partial charge in [0.2, 0.25) is 0 Å². The van der Waals surface area contributed by atoms with Crippen LogP contribution >= 0.6 is 0 Å². The number of para-hydroxylation sites is 1. The van der Waals surface area contributed by atoms with E-state index >= 15 is 0 Å². The van der Waals surface area contributed by atoms with E-state index < -0.39 is 0 Å². The van der Waals surface area contributed by atoms with Gasteiger partial charge in [0.15, 0.2) is 5.82 Å². The average Bonchev–Trinajstić information content (AvgIpc) is 2.38. The van der Waals surface area contributed by atoms with Gasteiger partial charge in [-0.3, -0.25) is 0 Å². The van der Waals surface area contributed by atoms with Gasteiger partial charge in [-0.15, -0.1) is 0 Å². The van der Waals surface area contributed by atoms with Gasteiger partial charge >= 0.3 is 0 Å². The van der Waals surface area contributed by atoms with Crippen molar-refractivity contribution in [1.29, 1.82) is 0 Å². The highest BCUT2D eigenvalue weighted by Gasteiger charge is 2.11. The largest absolute Gasteiger partial charge is 0.490 e. The molecule has 0 atom stereocenters. The summed E-state index contributed by atoms with van der Waals surface area (Å²) in [4.78, 5) is 8.61. The minimum absolute atomic E-state index is 0.0915. The van der Waals surface area contributed by atoms with Crippen LogP contribution in [0.1, 0.15) is 19.7 Å². The van der Waals surface area contributed by atoms with Gasteiger partial charge in [-0.25, -0.2) is 9.97 Å². The number of nitrogens with two attached hydrogens (primary N) is 1. The van der Waals surface area contributed by atoms with E-state index in [-0.39, 0.29) is 6.10 Å². The van der Waals surface area contributed by atoms with E-state index in [1.54, 1.807) is 13.2 Å². The molecule has 0 aliphatic rings. The molecule has 5 heteroatoms. The first-order valence-electron chi connectivity index (χ1n) is 6.48. The third-order valence-corrected chi connectivity index (χ3v) is 2.59. The molecule has 1 heterocycles. The standard InChI is InChI=1S/C15H19N3O2/c1-10(2)20-13-7-5-4-6-11(13)12-8-14(16)18-15(17-12)9-19-3/h4-8,10H,9H2,1-3H3,(H2,16,17,18). The molecule has 5 nitrogen and oxygen atoms in total. The Hall–Kier alpha value is -2.14. The first-order chi connectivity index (χ1) is 9.60. The van der Waals surface area contributed by atoms with Gasteiger partial charge in [0.25, 0.3) is 0 Å². The zero-order chi connectivity index (χ0) is 14.5. The number of nitrogens with zero attached hydrogens (tertiary/aromatic N) is 2. The van der Waals surface area contributed by atoms with Crippen LogP contribution in [0.2, 0.25) is 0 Å². The second kappa shape index (κ2) is 6.34. The molecule has 2 aromatic rings. The fourth-order valence-corrected chi connectivity index (χ4v) is 1.88. The Morgan fingerprint density at radius 2 is 1.95 bits per heavy atom. The number of benzene rings is 1. The van der Waals surface area contributed by atoms with Crippen LogP contribution in [0.25, 0.3) is 11.3 Å². The molecule has 1 aromatic carbocycles. The maximum atomic E-state index is 5.83. The molecule has 0 saturated heterocycles. The minimum atomic E-state index is 0.0915. The number of aromatic nitrogens is 2. The Morgan fingerprint density at radius 3 is 2.65 bits per heavy atom. The van der Waals surface area contributed by atoms with Gasteiger partial charge in [-0.1, -0.05) is 12.1 Å². The van der Waals surface area contributed by atoms with Gasteiger partial charge in [-0.05, 0) is 26.0 Å². The lowest BCUT2D eigenvalue weighted by Gasteiger charge is -2.14. The van der Waals surface area contributed by atoms with E-state index in [1.165, 1.54) is 0 Å². The summed E-state index contributed by atoms with van der Waals surface area (Å²) in [5.41, 5.74) is 7.46. The summed E-state index contributed by atoms with van der Waals surface area (Å²) in [5, 5.41) is 0. The number of rotatable bonds is 5. The summed E-state index contributed by atoms with van der Waals surface area (Å²) in [5.74, 6) is 1.76. The van der Waals surface area contributed by atoms with E-state index in [4.69, 9.17) is 15.2 Å². The Labute approximate surface area is 118 Å². The van der Waals surface area contributed by atoms with E-state index in [0.29, 0.717) is 18.2 Å². The Morgan fingerprint density at radius 1 is 1.20 bits per heavy atom. The first-order valence-corrected chi connectivity index (χ1v) is 6.48. The predicted molar refractivity (Wildman–Crippen MR) is 78.4 cm³/mol. The van der Waals surface area contributed by atoms with Crippen molar-refractivity contribution in [3.8, 4) is 17.0 Å². The zero-order valence-electron chi connectivity index (χ0n) is 12.0. The van der Waals surface area contributed by atoms with Crippen molar-refractivity contribution >= 4 is 5.82 Å². The first kappa shape index (κ1) is 14.3. The van der Waals surface area contributed by atoms with Crippen LogP contribution < -0.4 is 10.5 Å². The van der Waals surface area contributed by atoms with Gasteiger partial charge in [-0.2, -0.15) is 0 Å². The van der Waals surface area contributed by atoms with Crippen LogP contribution in [0, 0.1) is 0 Å². The number of hydrogen-bond donors (Lipinski definition) is 1. The van der Waals surface area contributed by atoms with Crippen LogP contribution in [-0.2, 0) is 11.3 Å². The molecule has 0 spiro atoms. The SMILES string of the molecule is COCc1nc(N)cc(-c2ccccc2OC(C)C)n1. The van der Waals surface area contributed by atoms with Crippen molar-refractivity contribution < 1.29 is 9.47 Å². The normalized spacial score (nSPS) is 10.8. The highest BCUT2D eigenvalue weighted by molar-refractivity contribution is 5.68. The molecular weight excluding hydrogens is 254 g/mol. The maximum Gasteiger partial charge on any atom is 0.157 e. The van der Waals surface area contributed by atoms with Crippen LogP contribution in [-0.4, -0.2) is 23.2 Å². The minimum Gasteiger partial charge on any atom is -0.490 e. The average molecular weight is 273 g/mol. The molecule has 0 fully saturated rings. The van der Waals surface area contributed by atoms with Crippen LogP contribution in [0.15, 0.2) is 30.3 Å². The maximum absolute atomic E-state index is 5.83. The summed E-state index contributed by atoms with van der Waals surface area (Å²) < 4.78 is 10.9. The van der Waals surface area contributed by atoms with Gasteiger partial charge < -0.3 is 15.2 Å². The summed E-state index contributed by atoms with van der Waals surface area (Å²) in [6, 6.07) is 9.49. The third-order valence-electron chi connectivity index (χ3n) is 2.59. The predicted octanol–water partition coefficient (Wildman–Crippen LogP) is 2.66. The fourth-order valence-electron chi connectivity index (χ4n) is 1.88. The lowest BCUT2D eigenvalue weighted by Crippen LogP contribution is -2.07. The van der Waals surface area contributed by atoms with Crippen molar-refractivity contribution in [2.75, 3.05) is 12.8 Å². The molecule has 1 aromatic heterocycles.